The summed E-state index contributed by atoms with van der Waals surface area (Å²) >= 11 is 0. The van der Waals surface area contributed by atoms with Gasteiger partial charge in [-0.25, -0.2) is 0 Å². The first kappa shape index (κ1) is 13.5. The quantitative estimate of drug-likeness (QED) is 0.644. The van der Waals surface area contributed by atoms with Crippen molar-refractivity contribution in [3.8, 4) is 0 Å². The van der Waals surface area contributed by atoms with Crippen LogP contribution in [0.15, 0.2) is 6.20 Å². The third-order valence-electron chi connectivity index (χ3n) is 2.92. The van der Waals surface area contributed by atoms with Crippen LogP contribution >= 0.6 is 0 Å². The Bertz CT molecular complexity index is 453. The van der Waals surface area contributed by atoms with E-state index in [9.17, 15) is 9.59 Å². The third-order valence-corrected chi connectivity index (χ3v) is 2.92. The van der Waals surface area contributed by atoms with Gasteiger partial charge in [-0.2, -0.15) is 5.10 Å². The minimum atomic E-state index is -0.652. The Balaban J connectivity index is 1.80. The number of nitrogens with two attached hydrogens (primary N) is 1. The summed E-state index contributed by atoms with van der Waals surface area (Å²) in [7, 11) is 0. The number of anilines is 1. The number of carbonyl (C=O) groups excluding carboxylic acids is 2. The van der Waals surface area contributed by atoms with Gasteiger partial charge in [0.2, 0.25) is 5.91 Å². The number of aromatic amines is 1. The molecule has 1 aliphatic heterocycles. The SMILES string of the molecule is NC(=O)c1[nH]ncc1NC(=O)CCN1CCOCC1. The number of H-pyrrole nitrogens is 1. The van der Waals surface area contributed by atoms with E-state index in [4.69, 9.17) is 10.5 Å². The van der Waals surface area contributed by atoms with Gasteiger partial charge in [-0.1, -0.05) is 0 Å². The highest BCUT2D eigenvalue weighted by atomic mass is 16.5. The number of amides is 2. The smallest absolute Gasteiger partial charge is 0.268 e. The van der Waals surface area contributed by atoms with Gasteiger partial charge in [-0.05, 0) is 0 Å². The lowest BCUT2D eigenvalue weighted by atomic mass is 10.3. The Morgan fingerprint density at radius 1 is 1.47 bits per heavy atom. The lowest BCUT2D eigenvalue weighted by Gasteiger charge is -2.26. The van der Waals surface area contributed by atoms with Gasteiger partial charge in [0.25, 0.3) is 5.91 Å². The van der Waals surface area contributed by atoms with E-state index in [1.807, 2.05) is 0 Å². The largest absolute Gasteiger partial charge is 0.379 e. The molecule has 0 unspecified atom stereocenters. The van der Waals surface area contributed by atoms with Gasteiger partial charge in [0.05, 0.1) is 25.1 Å². The molecule has 1 aromatic rings. The van der Waals surface area contributed by atoms with Crippen LogP contribution in [0.3, 0.4) is 0 Å². The van der Waals surface area contributed by atoms with E-state index in [1.54, 1.807) is 0 Å². The number of primary amides is 1. The summed E-state index contributed by atoms with van der Waals surface area (Å²) in [6.07, 6.45) is 1.72. The van der Waals surface area contributed by atoms with E-state index in [0.717, 1.165) is 13.1 Å². The molecule has 0 spiro atoms. The van der Waals surface area contributed by atoms with Gasteiger partial charge in [0.15, 0.2) is 0 Å². The summed E-state index contributed by atoms with van der Waals surface area (Å²) in [6.45, 7) is 3.75. The second-order valence-corrected chi connectivity index (χ2v) is 4.28. The van der Waals surface area contributed by atoms with Crippen molar-refractivity contribution in [1.82, 2.24) is 15.1 Å². The van der Waals surface area contributed by atoms with Crippen molar-refractivity contribution in [3.05, 3.63) is 11.9 Å². The third kappa shape index (κ3) is 3.76. The maximum Gasteiger partial charge on any atom is 0.268 e. The Morgan fingerprint density at radius 3 is 2.89 bits per heavy atom. The van der Waals surface area contributed by atoms with E-state index in [1.165, 1.54) is 6.20 Å². The van der Waals surface area contributed by atoms with E-state index in [0.29, 0.717) is 31.9 Å². The first-order chi connectivity index (χ1) is 9.16. The highest BCUT2D eigenvalue weighted by molar-refractivity contribution is 6.01. The molecule has 0 bridgehead atoms. The lowest BCUT2D eigenvalue weighted by molar-refractivity contribution is -0.116. The highest BCUT2D eigenvalue weighted by Gasteiger charge is 2.15. The van der Waals surface area contributed by atoms with Crippen molar-refractivity contribution in [1.29, 1.82) is 0 Å². The van der Waals surface area contributed by atoms with Crippen LogP contribution in [0.5, 0.6) is 0 Å². The monoisotopic (exact) mass is 267 g/mol. The molecule has 4 N–H and O–H groups in total. The Hall–Kier alpha value is -1.93. The minimum absolute atomic E-state index is 0.111. The van der Waals surface area contributed by atoms with Crippen LogP contribution in [0.1, 0.15) is 16.9 Å². The molecule has 1 aromatic heterocycles. The van der Waals surface area contributed by atoms with Crippen LogP contribution in [0.2, 0.25) is 0 Å². The van der Waals surface area contributed by atoms with Crippen LogP contribution in [0.4, 0.5) is 5.69 Å². The zero-order valence-electron chi connectivity index (χ0n) is 10.5. The molecule has 2 rings (SSSR count). The van der Waals surface area contributed by atoms with Gasteiger partial charge in [0, 0.05) is 26.1 Å². The average Bonchev–Trinajstić information content (AvgIpc) is 2.86. The summed E-state index contributed by atoms with van der Waals surface area (Å²) in [4.78, 5) is 25.0. The fraction of sp³-hybridized carbons (Fsp3) is 0.545. The van der Waals surface area contributed by atoms with Crippen LogP contribution in [-0.4, -0.2) is 59.8 Å². The second kappa shape index (κ2) is 6.30. The summed E-state index contributed by atoms with van der Waals surface area (Å²) in [5, 5.41) is 8.75. The van der Waals surface area contributed by atoms with Crippen LogP contribution < -0.4 is 11.1 Å². The molecule has 1 saturated heterocycles. The number of ether oxygens (including phenoxy) is 1. The fourth-order valence-corrected chi connectivity index (χ4v) is 1.87. The Kier molecular flexibility index (Phi) is 4.48. The zero-order valence-corrected chi connectivity index (χ0v) is 10.5. The van der Waals surface area contributed by atoms with Gasteiger partial charge < -0.3 is 15.8 Å². The molecule has 2 heterocycles. The minimum Gasteiger partial charge on any atom is -0.379 e. The number of carbonyl (C=O) groups is 2. The van der Waals surface area contributed by atoms with Crippen molar-refractivity contribution in [3.63, 3.8) is 0 Å². The summed E-state index contributed by atoms with van der Waals surface area (Å²) in [5.41, 5.74) is 5.57. The van der Waals surface area contributed by atoms with Gasteiger partial charge >= 0.3 is 0 Å². The normalized spacial score (nSPS) is 16.2. The number of rotatable bonds is 5. The van der Waals surface area contributed by atoms with Crippen molar-refractivity contribution in [2.75, 3.05) is 38.2 Å². The molecule has 8 heteroatoms. The summed E-state index contributed by atoms with van der Waals surface area (Å²) in [6, 6.07) is 0. The molecule has 0 atom stereocenters. The molecule has 8 nitrogen and oxygen atoms in total. The van der Waals surface area contributed by atoms with Gasteiger partial charge in [-0.15, -0.1) is 0 Å². The summed E-state index contributed by atoms with van der Waals surface area (Å²) in [5.74, 6) is -0.823. The molecule has 0 saturated carbocycles. The first-order valence-corrected chi connectivity index (χ1v) is 6.10. The average molecular weight is 267 g/mol. The number of hydrogen-bond acceptors (Lipinski definition) is 5. The zero-order chi connectivity index (χ0) is 13.7. The van der Waals surface area contributed by atoms with Crippen LogP contribution in [0.25, 0.3) is 0 Å². The molecule has 1 fully saturated rings. The molecule has 0 radical (unpaired) electrons. The van der Waals surface area contributed by atoms with Gasteiger partial charge in [0.1, 0.15) is 5.69 Å². The molecule has 1 aliphatic rings. The maximum absolute atomic E-state index is 11.8. The Labute approximate surface area is 110 Å². The number of nitrogens with zero attached hydrogens (tertiary/aromatic N) is 2. The predicted molar refractivity (Wildman–Crippen MR) is 67.6 cm³/mol. The molecular weight excluding hydrogens is 250 g/mol. The Morgan fingerprint density at radius 2 is 2.21 bits per heavy atom. The van der Waals surface area contributed by atoms with Crippen LogP contribution in [-0.2, 0) is 9.53 Å². The van der Waals surface area contributed by atoms with E-state index >= 15 is 0 Å². The second-order valence-electron chi connectivity index (χ2n) is 4.28. The molecule has 19 heavy (non-hydrogen) atoms. The van der Waals surface area contributed by atoms with Crippen LogP contribution in [0, 0.1) is 0 Å². The molecule has 0 aliphatic carbocycles. The molecular formula is C11H17N5O3. The number of nitrogens with one attached hydrogen (secondary N) is 2. The fourth-order valence-electron chi connectivity index (χ4n) is 1.87. The number of aromatic nitrogens is 2. The van der Waals surface area contributed by atoms with E-state index in [-0.39, 0.29) is 11.6 Å². The van der Waals surface area contributed by atoms with Crippen molar-refractivity contribution in [2.24, 2.45) is 5.73 Å². The highest BCUT2D eigenvalue weighted by Crippen LogP contribution is 2.11. The summed E-state index contributed by atoms with van der Waals surface area (Å²) < 4.78 is 5.23. The number of morpholine rings is 1. The van der Waals surface area contributed by atoms with Gasteiger partial charge in [-0.3, -0.25) is 19.6 Å². The topological polar surface area (TPSA) is 113 Å². The molecule has 2 amide bonds. The van der Waals surface area contributed by atoms with E-state index < -0.39 is 5.91 Å². The molecule has 104 valence electrons. The maximum atomic E-state index is 11.8. The van der Waals surface area contributed by atoms with Crippen molar-refractivity contribution < 1.29 is 14.3 Å². The predicted octanol–water partition coefficient (Wildman–Crippen LogP) is -0.831. The van der Waals surface area contributed by atoms with E-state index in [2.05, 4.69) is 20.4 Å². The van der Waals surface area contributed by atoms with Crippen molar-refractivity contribution in [2.45, 2.75) is 6.42 Å². The molecule has 0 aromatic carbocycles. The standard InChI is InChI=1S/C11H17N5O3/c12-11(18)10-8(7-13-15-10)14-9(17)1-2-16-3-5-19-6-4-16/h7H,1-6H2,(H2,12,18)(H,13,15)(H,14,17). The van der Waals surface area contributed by atoms with Crippen molar-refractivity contribution >= 4 is 17.5 Å². The first-order valence-electron chi connectivity index (χ1n) is 6.10. The number of hydrogen-bond donors (Lipinski definition) is 3. The lowest BCUT2D eigenvalue weighted by Crippen LogP contribution is -2.38.